The highest BCUT2D eigenvalue weighted by molar-refractivity contribution is 5.58. The van der Waals surface area contributed by atoms with Crippen molar-refractivity contribution < 1.29 is 4.92 Å². The quantitative estimate of drug-likeness (QED) is 0.464. The molecular weight excluding hydrogens is 262 g/mol. The summed E-state index contributed by atoms with van der Waals surface area (Å²) < 4.78 is 0. The maximum absolute atomic E-state index is 11.0. The van der Waals surface area contributed by atoms with Crippen LogP contribution in [-0.4, -0.2) is 26.9 Å². The van der Waals surface area contributed by atoms with Crippen molar-refractivity contribution in [1.29, 1.82) is 0 Å². The van der Waals surface area contributed by atoms with Gasteiger partial charge < -0.3 is 4.90 Å². The molecule has 0 spiro atoms. The molecule has 0 aliphatic rings. The number of hydrazine groups is 1. The molecule has 0 atom stereocenters. The number of aromatic nitrogens is 3. The zero-order valence-electron chi connectivity index (χ0n) is 10.7. The van der Waals surface area contributed by atoms with Gasteiger partial charge in [-0.2, -0.15) is 4.98 Å². The van der Waals surface area contributed by atoms with Gasteiger partial charge in [-0.3, -0.25) is 20.5 Å². The summed E-state index contributed by atoms with van der Waals surface area (Å²) in [5.41, 5.74) is 2.84. The number of nitrogens with one attached hydrogen (secondary N) is 1. The lowest BCUT2D eigenvalue weighted by atomic mass is 10.3. The summed E-state index contributed by atoms with van der Waals surface area (Å²) in [7, 11) is 1.68. The number of hydrogen-bond acceptors (Lipinski definition) is 8. The Morgan fingerprint density at radius 2 is 2.25 bits per heavy atom. The van der Waals surface area contributed by atoms with Crippen molar-refractivity contribution in [3.63, 3.8) is 0 Å². The van der Waals surface area contributed by atoms with Crippen molar-refractivity contribution in [3.05, 3.63) is 46.4 Å². The average molecular weight is 275 g/mol. The Bertz CT molecular complexity index is 605. The lowest BCUT2D eigenvalue weighted by Crippen LogP contribution is -2.21. The third-order valence-electron chi connectivity index (χ3n) is 2.56. The molecule has 2 rings (SSSR count). The number of nitro groups is 1. The zero-order valence-corrected chi connectivity index (χ0v) is 10.7. The van der Waals surface area contributed by atoms with Crippen LogP contribution in [0.15, 0.2) is 30.6 Å². The molecule has 0 radical (unpaired) electrons. The number of hydrogen-bond donors (Lipinski definition) is 2. The molecule has 20 heavy (non-hydrogen) atoms. The van der Waals surface area contributed by atoms with Crippen LogP contribution in [0, 0.1) is 10.1 Å². The fourth-order valence-corrected chi connectivity index (χ4v) is 1.66. The van der Waals surface area contributed by atoms with Crippen molar-refractivity contribution in [2.75, 3.05) is 17.4 Å². The van der Waals surface area contributed by atoms with E-state index in [1.54, 1.807) is 24.2 Å². The molecule has 104 valence electrons. The number of pyridine rings is 1. The Labute approximate surface area is 114 Å². The molecule has 0 saturated carbocycles. The summed E-state index contributed by atoms with van der Waals surface area (Å²) in [6.45, 7) is 0.378. The summed E-state index contributed by atoms with van der Waals surface area (Å²) in [5, 5.41) is 11.0. The normalized spacial score (nSPS) is 10.1. The second-order valence-electron chi connectivity index (χ2n) is 3.98. The monoisotopic (exact) mass is 275 g/mol. The number of anilines is 2. The minimum Gasteiger partial charge on any atom is -0.348 e. The SMILES string of the molecule is CN(Cc1ccccn1)c1nc(NN)ncc1[N+](=O)[O-]. The number of nitrogen functional groups attached to an aromatic ring is 1. The van der Waals surface area contributed by atoms with E-state index in [1.807, 2.05) is 12.1 Å². The van der Waals surface area contributed by atoms with E-state index in [0.717, 1.165) is 11.9 Å². The Balaban J connectivity index is 2.32. The second kappa shape index (κ2) is 5.89. The van der Waals surface area contributed by atoms with Crippen LogP contribution in [0.1, 0.15) is 5.69 Å². The van der Waals surface area contributed by atoms with Gasteiger partial charge in [0.05, 0.1) is 17.2 Å². The summed E-state index contributed by atoms with van der Waals surface area (Å²) in [6, 6.07) is 5.47. The molecule has 0 unspecified atom stereocenters. The largest absolute Gasteiger partial charge is 0.348 e. The Kier molecular flexibility index (Phi) is 4.01. The minimum absolute atomic E-state index is 0.110. The van der Waals surface area contributed by atoms with Crippen molar-refractivity contribution in [2.45, 2.75) is 6.54 Å². The van der Waals surface area contributed by atoms with Crippen molar-refractivity contribution in [3.8, 4) is 0 Å². The van der Waals surface area contributed by atoms with Gasteiger partial charge in [0, 0.05) is 13.2 Å². The van der Waals surface area contributed by atoms with Crippen LogP contribution in [0.25, 0.3) is 0 Å². The fourth-order valence-electron chi connectivity index (χ4n) is 1.66. The molecule has 9 nitrogen and oxygen atoms in total. The first kappa shape index (κ1) is 13.6. The van der Waals surface area contributed by atoms with Gasteiger partial charge in [0.1, 0.15) is 6.20 Å². The molecule has 0 saturated heterocycles. The van der Waals surface area contributed by atoms with Crippen LogP contribution in [-0.2, 0) is 6.54 Å². The van der Waals surface area contributed by atoms with E-state index in [1.165, 1.54) is 0 Å². The van der Waals surface area contributed by atoms with Crippen LogP contribution in [0.5, 0.6) is 0 Å². The molecule has 0 aliphatic heterocycles. The maximum Gasteiger partial charge on any atom is 0.329 e. The number of nitrogens with two attached hydrogens (primary N) is 1. The molecule has 2 heterocycles. The average Bonchev–Trinajstić information content (AvgIpc) is 2.47. The predicted molar refractivity (Wildman–Crippen MR) is 72.8 cm³/mol. The van der Waals surface area contributed by atoms with Crippen LogP contribution in [0.2, 0.25) is 0 Å². The van der Waals surface area contributed by atoms with E-state index < -0.39 is 4.92 Å². The molecular formula is C11H13N7O2. The molecule has 0 fully saturated rings. The third kappa shape index (κ3) is 2.95. The molecule has 0 amide bonds. The summed E-state index contributed by atoms with van der Waals surface area (Å²) in [5.74, 6) is 5.50. The third-order valence-corrected chi connectivity index (χ3v) is 2.56. The highest BCUT2D eigenvalue weighted by Crippen LogP contribution is 2.25. The van der Waals surface area contributed by atoms with Crippen LogP contribution >= 0.6 is 0 Å². The Hall–Kier alpha value is -2.81. The molecule has 9 heteroatoms. The highest BCUT2D eigenvalue weighted by atomic mass is 16.6. The first-order valence-electron chi connectivity index (χ1n) is 5.71. The van der Waals surface area contributed by atoms with Crippen LogP contribution in [0.4, 0.5) is 17.5 Å². The van der Waals surface area contributed by atoms with Gasteiger partial charge in [0.2, 0.25) is 11.8 Å². The van der Waals surface area contributed by atoms with Gasteiger partial charge >= 0.3 is 5.69 Å². The van der Waals surface area contributed by atoms with Crippen LogP contribution < -0.4 is 16.2 Å². The summed E-state index contributed by atoms with van der Waals surface area (Å²) in [6.07, 6.45) is 2.77. The molecule has 3 N–H and O–H groups in total. The van der Waals surface area contributed by atoms with Gasteiger partial charge in [0.15, 0.2) is 0 Å². The van der Waals surface area contributed by atoms with Gasteiger partial charge in [0.25, 0.3) is 0 Å². The topological polar surface area (TPSA) is 123 Å². The summed E-state index contributed by atoms with van der Waals surface area (Å²) >= 11 is 0. The van der Waals surface area contributed by atoms with Gasteiger partial charge in [-0.05, 0) is 12.1 Å². The van der Waals surface area contributed by atoms with E-state index in [4.69, 9.17) is 5.84 Å². The van der Waals surface area contributed by atoms with E-state index in [9.17, 15) is 10.1 Å². The molecule has 2 aromatic rings. The van der Waals surface area contributed by atoms with Crippen molar-refractivity contribution in [1.82, 2.24) is 15.0 Å². The standard InChI is InChI=1S/C11H13N7O2/c1-17(7-8-4-2-3-5-13-8)10-9(18(19)20)6-14-11(15-10)16-12/h2-6H,7,12H2,1H3,(H,14,15,16). The predicted octanol–water partition coefficient (Wildman–Crippen LogP) is 0.702. The lowest BCUT2D eigenvalue weighted by Gasteiger charge is -2.17. The zero-order chi connectivity index (χ0) is 14.5. The van der Waals surface area contributed by atoms with E-state index in [-0.39, 0.29) is 17.5 Å². The lowest BCUT2D eigenvalue weighted by molar-refractivity contribution is -0.384. The molecule has 0 aliphatic carbocycles. The van der Waals surface area contributed by atoms with Crippen LogP contribution in [0.3, 0.4) is 0 Å². The van der Waals surface area contributed by atoms with E-state index >= 15 is 0 Å². The molecule has 0 aromatic carbocycles. The van der Waals surface area contributed by atoms with Gasteiger partial charge in [-0.1, -0.05) is 6.07 Å². The molecule has 2 aromatic heterocycles. The van der Waals surface area contributed by atoms with E-state index in [2.05, 4.69) is 20.4 Å². The van der Waals surface area contributed by atoms with Crippen molar-refractivity contribution >= 4 is 17.5 Å². The minimum atomic E-state index is -0.537. The molecule has 0 bridgehead atoms. The Morgan fingerprint density at radius 1 is 1.45 bits per heavy atom. The second-order valence-corrected chi connectivity index (χ2v) is 3.98. The maximum atomic E-state index is 11.0. The van der Waals surface area contributed by atoms with Gasteiger partial charge in [-0.15, -0.1) is 0 Å². The van der Waals surface area contributed by atoms with Gasteiger partial charge in [-0.25, -0.2) is 10.8 Å². The Morgan fingerprint density at radius 3 is 2.85 bits per heavy atom. The highest BCUT2D eigenvalue weighted by Gasteiger charge is 2.21. The first-order valence-corrected chi connectivity index (χ1v) is 5.71. The first-order chi connectivity index (χ1) is 9.61. The number of rotatable bonds is 5. The van der Waals surface area contributed by atoms with Crippen molar-refractivity contribution in [2.24, 2.45) is 5.84 Å². The fraction of sp³-hybridized carbons (Fsp3) is 0.182. The number of nitrogens with zero attached hydrogens (tertiary/aromatic N) is 5. The summed E-state index contributed by atoms with van der Waals surface area (Å²) in [4.78, 5) is 24.0. The smallest absolute Gasteiger partial charge is 0.329 e. The van der Waals surface area contributed by atoms with E-state index in [0.29, 0.717) is 6.54 Å².